The van der Waals surface area contributed by atoms with Crippen molar-refractivity contribution >= 4 is 11.7 Å². The van der Waals surface area contributed by atoms with Crippen LogP contribution in [0.1, 0.15) is 34.3 Å². The number of nitrogens with zero attached hydrogens (tertiary/aromatic N) is 4. The van der Waals surface area contributed by atoms with E-state index in [-0.39, 0.29) is 31.1 Å². The van der Waals surface area contributed by atoms with Gasteiger partial charge >= 0.3 is 6.18 Å². The maximum atomic E-state index is 13.3. The molecule has 1 aliphatic heterocycles. The Morgan fingerprint density at radius 2 is 1.94 bits per heavy atom. The van der Waals surface area contributed by atoms with Gasteiger partial charge in [-0.1, -0.05) is 5.16 Å². The summed E-state index contributed by atoms with van der Waals surface area (Å²) in [6.45, 7) is 1.51. The number of hydrogen-bond acceptors (Lipinski definition) is 6. The molecule has 1 unspecified atom stereocenters. The molecule has 0 fully saturated rings. The summed E-state index contributed by atoms with van der Waals surface area (Å²) in [6, 6.07) is 6.48. The van der Waals surface area contributed by atoms with Crippen molar-refractivity contribution in [1.29, 1.82) is 0 Å². The van der Waals surface area contributed by atoms with Gasteiger partial charge in [-0.05, 0) is 37.6 Å². The highest BCUT2D eigenvalue weighted by molar-refractivity contribution is 6.05. The highest BCUT2D eigenvalue weighted by Crippen LogP contribution is 2.39. The number of aryl methyl sites for hydroxylation is 1. The number of amides is 1. The predicted octanol–water partition coefficient (Wildman–Crippen LogP) is 3.92. The molecule has 0 saturated heterocycles. The van der Waals surface area contributed by atoms with Crippen molar-refractivity contribution in [2.24, 2.45) is 0 Å². The van der Waals surface area contributed by atoms with E-state index in [0.717, 1.165) is 4.68 Å². The van der Waals surface area contributed by atoms with Crippen molar-refractivity contribution in [3.05, 3.63) is 53.5 Å². The minimum Gasteiger partial charge on any atom is -0.497 e. The monoisotopic (exact) mass is 436 g/mol. The summed E-state index contributed by atoms with van der Waals surface area (Å²) >= 11 is 0. The van der Waals surface area contributed by atoms with Gasteiger partial charge in [-0.2, -0.15) is 18.3 Å². The second-order valence-electron chi connectivity index (χ2n) is 6.97. The van der Waals surface area contributed by atoms with E-state index < -0.39 is 18.1 Å². The number of carbonyl (C=O) groups is 1. The second-order valence-corrected chi connectivity index (χ2v) is 6.97. The number of rotatable bonds is 5. The minimum atomic E-state index is -4.46. The van der Waals surface area contributed by atoms with Crippen LogP contribution in [0.15, 0.2) is 41.1 Å². The van der Waals surface area contributed by atoms with Crippen LogP contribution in [0.25, 0.3) is 0 Å². The summed E-state index contributed by atoms with van der Waals surface area (Å²) in [5, 5.41) is 7.61. The van der Waals surface area contributed by atoms with Crippen LogP contribution in [0, 0.1) is 6.92 Å². The van der Waals surface area contributed by atoms with Gasteiger partial charge < -0.3 is 14.0 Å². The largest absolute Gasteiger partial charge is 0.497 e. The Morgan fingerprint density at radius 3 is 2.61 bits per heavy atom. The highest BCUT2D eigenvalue weighted by Gasteiger charge is 2.46. The Bertz CT molecular complexity index is 1080. The van der Waals surface area contributed by atoms with E-state index in [1.54, 1.807) is 38.3 Å². The molecule has 3 heterocycles. The molecule has 3 aromatic rings. The molecule has 31 heavy (non-hydrogen) atoms. The van der Waals surface area contributed by atoms with Crippen molar-refractivity contribution in [1.82, 2.24) is 14.9 Å². The summed E-state index contributed by atoms with van der Waals surface area (Å²) in [4.78, 5) is 14.4. The molecule has 0 saturated carbocycles. The van der Waals surface area contributed by atoms with Crippen molar-refractivity contribution in [3.8, 4) is 11.5 Å². The molecular weight excluding hydrogens is 417 g/mol. The van der Waals surface area contributed by atoms with Crippen molar-refractivity contribution < 1.29 is 32.0 Å². The van der Waals surface area contributed by atoms with Gasteiger partial charge in [-0.15, -0.1) is 0 Å². The summed E-state index contributed by atoms with van der Waals surface area (Å²) in [5.41, 5.74) is 0.411. The van der Waals surface area contributed by atoms with Crippen LogP contribution >= 0.6 is 0 Å². The fourth-order valence-corrected chi connectivity index (χ4v) is 3.44. The molecule has 11 heteroatoms. The Hall–Kier alpha value is -3.50. The van der Waals surface area contributed by atoms with E-state index in [1.165, 1.54) is 17.2 Å². The first-order valence-corrected chi connectivity index (χ1v) is 9.43. The zero-order chi connectivity index (χ0) is 22.2. The molecule has 0 aliphatic carbocycles. The molecule has 1 aromatic carbocycles. The number of aromatic nitrogens is 3. The van der Waals surface area contributed by atoms with Crippen LogP contribution in [0.2, 0.25) is 0 Å². The molecule has 0 radical (unpaired) electrons. The molecular formula is C20H19F3N4O4. The first-order valence-electron chi connectivity index (χ1n) is 9.43. The fraction of sp³-hybridized carbons (Fsp3) is 0.350. The number of anilines is 1. The van der Waals surface area contributed by atoms with Crippen LogP contribution in [0.3, 0.4) is 0 Å². The molecule has 164 valence electrons. The third kappa shape index (κ3) is 3.94. The van der Waals surface area contributed by atoms with E-state index >= 15 is 0 Å². The lowest BCUT2D eigenvalue weighted by atomic mass is 10.1. The van der Waals surface area contributed by atoms with E-state index in [9.17, 15) is 18.0 Å². The van der Waals surface area contributed by atoms with Crippen LogP contribution in [0.4, 0.5) is 19.0 Å². The quantitative estimate of drug-likeness (QED) is 0.603. The third-order valence-corrected chi connectivity index (χ3v) is 5.10. The lowest BCUT2D eigenvalue weighted by Crippen LogP contribution is -2.43. The zero-order valence-corrected chi connectivity index (χ0v) is 16.7. The fourth-order valence-electron chi connectivity index (χ4n) is 3.44. The number of methoxy groups -OCH3 is 1. The molecule has 1 amide bonds. The minimum absolute atomic E-state index is 0.00101. The summed E-state index contributed by atoms with van der Waals surface area (Å²) in [6.07, 6.45) is -3.53. The topological polar surface area (TPSA) is 82.6 Å². The lowest BCUT2D eigenvalue weighted by molar-refractivity contribution is -0.172. The van der Waals surface area contributed by atoms with Crippen LogP contribution in [0.5, 0.6) is 11.5 Å². The summed E-state index contributed by atoms with van der Waals surface area (Å²) in [5.74, 6) is 1.08. The normalized spacial score (nSPS) is 16.2. The van der Waals surface area contributed by atoms with Gasteiger partial charge in [-0.25, -0.2) is 4.68 Å². The van der Waals surface area contributed by atoms with Crippen LogP contribution < -0.4 is 14.4 Å². The number of fused-ring (bicyclic) bond motifs is 1. The van der Waals surface area contributed by atoms with E-state index in [4.69, 9.17) is 14.0 Å². The number of hydrogen-bond donors (Lipinski definition) is 0. The van der Waals surface area contributed by atoms with Crippen molar-refractivity contribution in [2.75, 3.05) is 18.6 Å². The third-order valence-electron chi connectivity index (χ3n) is 5.10. The average Bonchev–Trinajstić information content (AvgIpc) is 3.37. The summed E-state index contributed by atoms with van der Waals surface area (Å²) in [7, 11) is 1.55. The Labute approximate surface area is 175 Å². The zero-order valence-electron chi connectivity index (χ0n) is 16.7. The Kier molecular flexibility index (Phi) is 5.34. The van der Waals surface area contributed by atoms with Crippen molar-refractivity contribution in [2.45, 2.75) is 32.2 Å². The van der Waals surface area contributed by atoms with Crippen LogP contribution in [-0.2, 0) is 6.61 Å². The molecule has 0 bridgehead atoms. The van der Waals surface area contributed by atoms with Gasteiger partial charge in [0.25, 0.3) is 5.91 Å². The maximum Gasteiger partial charge on any atom is 0.410 e. The number of carbonyl (C=O) groups excluding carboxylic acids is 1. The second kappa shape index (κ2) is 7.97. The summed E-state index contributed by atoms with van der Waals surface area (Å²) < 4.78 is 56.8. The van der Waals surface area contributed by atoms with Gasteiger partial charge in [0.2, 0.25) is 0 Å². The van der Waals surface area contributed by atoms with Crippen molar-refractivity contribution in [3.63, 3.8) is 0 Å². The number of benzene rings is 1. The SMILES string of the molecule is COc1ccc(OCc2c(C(=O)N3CCC(C(F)(F)F)n4nccc43)noc2C)cc1. The average molecular weight is 436 g/mol. The lowest BCUT2D eigenvalue weighted by Gasteiger charge is -2.33. The van der Waals surface area contributed by atoms with E-state index in [2.05, 4.69) is 10.3 Å². The standard InChI is InChI=1S/C20H19F3N4O4/c1-12-15(11-30-14-5-3-13(29-2)4-6-14)18(25-31-12)19(28)26-10-8-16(20(21,22)23)27-17(26)7-9-24-27/h3-7,9,16H,8,10-11H2,1-2H3. The number of ether oxygens (including phenoxy) is 2. The first kappa shape index (κ1) is 20.8. The highest BCUT2D eigenvalue weighted by atomic mass is 19.4. The van der Waals surface area contributed by atoms with E-state index in [1.807, 2.05) is 0 Å². The van der Waals surface area contributed by atoms with Gasteiger partial charge in [0.1, 0.15) is 29.7 Å². The molecule has 0 N–H and O–H groups in total. The van der Waals surface area contributed by atoms with Gasteiger partial charge in [0, 0.05) is 12.6 Å². The Balaban J connectivity index is 1.56. The van der Waals surface area contributed by atoms with Gasteiger partial charge in [0.05, 0.1) is 18.9 Å². The van der Waals surface area contributed by atoms with Crippen LogP contribution in [-0.4, -0.2) is 40.7 Å². The van der Waals surface area contributed by atoms with E-state index in [0.29, 0.717) is 22.8 Å². The number of halogens is 3. The number of alkyl halides is 3. The molecule has 8 nitrogen and oxygen atoms in total. The molecule has 0 spiro atoms. The molecule has 1 aliphatic rings. The maximum absolute atomic E-state index is 13.3. The predicted molar refractivity (Wildman–Crippen MR) is 102 cm³/mol. The molecule has 1 atom stereocenters. The Morgan fingerprint density at radius 1 is 1.23 bits per heavy atom. The first-order chi connectivity index (χ1) is 14.8. The smallest absolute Gasteiger partial charge is 0.410 e. The molecule has 2 aromatic heterocycles. The van der Waals surface area contributed by atoms with Gasteiger partial charge in [-0.3, -0.25) is 9.69 Å². The molecule has 4 rings (SSSR count). The van der Waals surface area contributed by atoms with Gasteiger partial charge in [0.15, 0.2) is 11.7 Å².